The van der Waals surface area contributed by atoms with Gasteiger partial charge in [-0.15, -0.1) is 0 Å². The number of carbonyl (C=O) groups is 1. The molecule has 2 heterocycles. The van der Waals surface area contributed by atoms with E-state index in [-0.39, 0.29) is 5.69 Å². The number of urea groups is 1. The van der Waals surface area contributed by atoms with Gasteiger partial charge in [0.2, 0.25) is 0 Å². The van der Waals surface area contributed by atoms with E-state index in [9.17, 15) is 4.79 Å². The molecule has 9 heteroatoms. The lowest BCUT2D eigenvalue weighted by molar-refractivity contribution is 0.262. The van der Waals surface area contributed by atoms with E-state index in [1.54, 1.807) is 41.2 Å². The number of nitriles is 1. The zero-order valence-corrected chi connectivity index (χ0v) is 16.5. The number of rotatable bonds is 4. The van der Waals surface area contributed by atoms with Crippen molar-refractivity contribution in [2.45, 2.75) is 0 Å². The smallest absolute Gasteiger partial charge is 0.323 e. The van der Waals surface area contributed by atoms with Crippen molar-refractivity contribution < 1.29 is 9.53 Å². The van der Waals surface area contributed by atoms with Gasteiger partial charge in [0.05, 0.1) is 16.7 Å². The average Bonchev–Trinajstić information content (AvgIpc) is 3.10. The molecule has 0 radical (unpaired) electrons. The van der Waals surface area contributed by atoms with E-state index in [1.165, 1.54) is 12.3 Å². The van der Waals surface area contributed by atoms with Crippen LogP contribution in [0.4, 0.5) is 16.2 Å². The predicted molar refractivity (Wildman–Crippen MR) is 114 cm³/mol. The lowest BCUT2D eigenvalue weighted by atomic mass is 10.2. The number of aryl methyl sites for hydroxylation is 1. The Morgan fingerprint density at radius 1 is 1.13 bits per heavy atom. The minimum atomic E-state index is -0.407. The summed E-state index contributed by atoms with van der Waals surface area (Å²) in [5, 5.41) is 19.8. The zero-order chi connectivity index (χ0) is 21.1. The molecule has 0 aliphatic carbocycles. The van der Waals surface area contributed by atoms with Crippen molar-refractivity contribution in [2.75, 3.05) is 10.6 Å². The summed E-state index contributed by atoms with van der Waals surface area (Å²) < 4.78 is 7.45. The Kier molecular flexibility index (Phi) is 5.20. The maximum Gasteiger partial charge on any atom is 0.323 e. The lowest BCUT2D eigenvalue weighted by Crippen LogP contribution is -2.19. The first-order chi connectivity index (χ1) is 14.5. The quantitative estimate of drug-likeness (QED) is 0.489. The number of amides is 2. The van der Waals surface area contributed by atoms with Crippen LogP contribution in [0.2, 0.25) is 5.02 Å². The van der Waals surface area contributed by atoms with E-state index in [4.69, 9.17) is 21.6 Å². The maximum absolute atomic E-state index is 12.3. The molecule has 0 fully saturated rings. The summed E-state index contributed by atoms with van der Waals surface area (Å²) in [5.74, 6) is 0.826. The van der Waals surface area contributed by atoms with E-state index in [1.807, 2.05) is 25.2 Å². The van der Waals surface area contributed by atoms with Crippen molar-refractivity contribution in [3.8, 4) is 17.6 Å². The van der Waals surface area contributed by atoms with Gasteiger partial charge in [-0.3, -0.25) is 4.68 Å². The second kappa shape index (κ2) is 8.11. The summed E-state index contributed by atoms with van der Waals surface area (Å²) in [6.07, 6.45) is 3.21. The number of aromatic nitrogens is 3. The van der Waals surface area contributed by atoms with Gasteiger partial charge in [0.15, 0.2) is 0 Å². The third-order valence-electron chi connectivity index (χ3n) is 4.27. The molecule has 2 aromatic carbocycles. The van der Waals surface area contributed by atoms with Crippen molar-refractivity contribution in [1.29, 1.82) is 5.26 Å². The second-order valence-corrected chi connectivity index (χ2v) is 6.76. The molecule has 2 aromatic heterocycles. The minimum absolute atomic E-state index is 0.239. The molecule has 0 bridgehead atoms. The molecule has 0 saturated heterocycles. The Morgan fingerprint density at radius 3 is 2.67 bits per heavy atom. The number of anilines is 2. The standard InChI is InChI=1S/C21H15ClN6O2/c1-28-19-4-2-14(8-13(19)12-25-28)26-21(29)27-15-3-5-20(18(22)10-15)30-17-6-7-24-16(9-17)11-23/h2-10,12H,1H3,(H2,26,27,29). The second-order valence-electron chi connectivity index (χ2n) is 6.36. The highest BCUT2D eigenvalue weighted by atomic mass is 35.5. The Bertz CT molecular complexity index is 1290. The van der Waals surface area contributed by atoms with Gasteiger partial charge >= 0.3 is 6.03 Å². The molecule has 8 nitrogen and oxygen atoms in total. The summed E-state index contributed by atoms with van der Waals surface area (Å²) in [4.78, 5) is 16.2. The van der Waals surface area contributed by atoms with Crippen molar-refractivity contribution in [1.82, 2.24) is 14.8 Å². The SMILES string of the molecule is Cn1ncc2cc(NC(=O)Nc3ccc(Oc4ccnc(C#N)c4)c(Cl)c3)ccc21. The number of pyridine rings is 1. The normalized spacial score (nSPS) is 10.4. The fourth-order valence-corrected chi connectivity index (χ4v) is 3.08. The summed E-state index contributed by atoms with van der Waals surface area (Å²) in [7, 11) is 1.86. The van der Waals surface area contributed by atoms with Gasteiger partial charge in [-0.2, -0.15) is 10.4 Å². The highest BCUT2D eigenvalue weighted by Crippen LogP contribution is 2.31. The van der Waals surface area contributed by atoms with Crippen LogP contribution >= 0.6 is 11.6 Å². The Balaban J connectivity index is 1.43. The van der Waals surface area contributed by atoms with Crippen LogP contribution in [0.5, 0.6) is 11.5 Å². The molecule has 4 aromatic rings. The van der Waals surface area contributed by atoms with Crippen LogP contribution in [-0.4, -0.2) is 20.8 Å². The number of carbonyl (C=O) groups excluding carboxylic acids is 1. The first-order valence-electron chi connectivity index (χ1n) is 8.85. The fraction of sp³-hybridized carbons (Fsp3) is 0.0476. The topological polar surface area (TPSA) is 105 Å². The van der Waals surface area contributed by atoms with Gasteiger partial charge in [-0.25, -0.2) is 9.78 Å². The molecule has 30 heavy (non-hydrogen) atoms. The van der Waals surface area contributed by atoms with Crippen molar-refractivity contribution in [2.24, 2.45) is 7.05 Å². The number of hydrogen-bond donors (Lipinski definition) is 2. The van der Waals surface area contributed by atoms with Gasteiger partial charge in [-0.05, 0) is 42.5 Å². The molecule has 148 valence electrons. The molecule has 2 N–H and O–H groups in total. The number of ether oxygens (including phenoxy) is 1. The molecule has 0 aliphatic rings. The number of nitrogens with one attached hydrogen (secondary N) is 2. The predicted octanol–water partition coefficient (Wildman–Crippen LogP) is 4.93. The molecule has 0 atom stereocenters. The van der Waals surface area contributed by atoms with Crippen LogP contribution in [0, 0.1) is 11.3 Å². The van der Waals surface area contributed by atoms with Gasteiger partial charge in [0.1, 0.15) is 23.3 Å². The highest BCUT2D eigenvalue weighted by molar-refractivity contribution is 6.32. The average molecular weight is 419 g/mol. The lowest BCUT2D eigenvalue weighted by Gasteiger charge is -2.11. The monoisotopic (exact) mass is 418 g/mol. The third kappa shape index (κ3) is 4.16. The fourth-order valence-electron chi connectivity index (χ4n) is 2.86. The summed E-state index contributed by atoms with van der Waals surface area (Å²) in [6, 6.07) is 15.1. The first kappa shape index (κ1) is 19.2. The van der Waals surface area contributed by atoms with Crippen LogP contribution in [0.25, 0.3) is 10.9 Å². The molecule has 4 rings (SSSR count). The number of benzene rings is 2. The molecule has 0 unspecified atom stereocenters. The summed E-state index contributed by atoms with van der Waals surface area (Å²) in [6.45, 7) is 0. The van der Waals surface area contributed by atoms with E-state index in [0.717, 1.165) is 10.9 Å². The largest absolute Gasteiger partial charge is 0.456 e. The summed E-state index contributed by atoms with van der Waals surface area (Å²) >= 11 is 6.28. The van der Waals surface area contributed by atoms with E-state index in [0.29, 0.717) is 27.9 Å². The zero-order valence-electron chi connectivity index (χ0n) is 15.8. The number of nitrogens with zero attached hydrogens (tertiary/aromatic N) is 4. The highest BCUT2D eigenvalue weighted by Gasteiger charge is 2.09. The molecule has 0 saturated carbocycles. The van der Waals surface area contributed by atoms with Crippen LogP contribution in [0.1, 0.15) is 5.69 Å². The molecule has 0 spiro atoms. The third-order valence-corrected chi connectivity index (χ3v) is 4.56. The minimum Gasteiger partial charge on any atom is -0.456 e. The Morgan fingerprint density at radius 2 is 1.90 bits per heavy atom. The van der Waals surface area contributed by atoms with E-state index < -0.39 is 6.03 Å². The van der Waals surface area contributed by atoms with Crippen molar-refractivity contribution >= 4 is 39.9 Å². The molecular weight excluding hydrogens is 404 g/mol. The molecular formula is C21H15ClN6O2. The van der Waals surface area contributed by atoms with Crippen LogP contribution in [0.3, 0.4) is 0 Å². The van der Waals surface area contributed by atoms with Crippen molar-refractivity contribution in [3.63, 3.8) is 0 Å². The van der Waals surface area contributed by atoms with Gasteiger partial charge < -0.3 is 15.4 Å². The van der Waals surface area contributed by atoms with Gasteiger partial charge in [0, 0.05) is 36.1 Å². The van der Waals surface area contributed by atoms with E-state index >= 15 is 0 Å². The number of hydrogen-bond acceptors (Lipinski definition) is 5. The van der Waals surface area contributed by atoms with Gasteiger partial charge in [-0.1, -0.05) is 11.6 Å². The van der Waals surface area contributed by atoms with Crippen molar-refractivity contribution in [3.05, 3.63) is 71.6 Å². The van der Waals surface area contributed by atoms with Crippen LogP contribution in [-0.2, 0) is 7.05 Å². The van der Waals surface area contributed by atoms with Crippen LogP contribution in [0.15, 0.2) is 60.9 Å². The van der Waals surface area contributed by atoms with Crippen LogP contribution < -0.4 is 15.4 Å². The molecule has 0 aliphatic heterocycles. The van der Waals surface area contributed by atoms with E-state index in [2.05, 4.69) is 20.7 Å². The molecule has 2 amide bonds. The number of halogens is 1. The Hall–Kier alpha value is -4.09. The number of fused-ring (bicyclic) bond motifs is 1. The van der Waals surface area contributed by atoms with Gasteiger partial charge in [0.25, 0.3) is 0 Å². The Labute approximate surface area is 176 Å². The summed E-state index contributed by atoms with van der Waals surface area (Å²) in [5.41, 5.74) is 2.35. The maximum atomic E-state index is 12.3. The first-order valence-corrected chi connectivity index (χ1v) is 9.23.